The minimum atomic E-state index is -4.91. The van der Waals surface area contributed by atoms with Gasteiger partial charge in [-0.1, -0.05) is 30.3 Å². The Morgan fingerprint density at radius 1 is 1.20 bits per heavy atom. The van der Waals surface area contributed by atoms with Gasteiger partial charge in [0.05, 0.1) is 22.9 Å². The van der Waals surface area contributed by atoms with E-state index in [0.717, 1.165) is 17.7 Å². The summed E-state index contributed by atoms with van der Waals surface area (Å²) in [6.45, 7) is 4.80. The summed E-state index contributed by atoms with van der Waals surface area (Å²) in [4.78, 5) is 42.7. The molecule has 2 atom stereocenters. The fourth-order valence-electron chi connectivity index (χ4n) is 5.57. The van der Waals surface area contributed by atoms with Crippen LogP contribution in [-0.4, -0.2) is 77.2 Å². The van der Waals surface area contributed by atoms with E-state index >= 15 is 0 Å². The number of carboxylic acid groups (broad SMARTS) is 1. The van der Waals surface area contributed by atoms with E-state index in [2.05, 4.69) is 0 Å². The maximum Gasteiger partial charge on any atom is 0.417 e. The van der Waals surface area contributed by atoms with Crippen LogP contribution in [0.15, 0.2) is 42.5 Å². The van der Waals surface area contributed by atoms with Gasteiger partial charge in [-0.15, -0.1) is 0 Å². The van der Waals surface area contributed by atoms with E-state index in [0.29, 0.717) is 6.42 Å². The zero-order chi connectivity index (χ0) is 29.4. The molecule has 0 radical (unpaired) electrons. The number of hydrogen-bond donors (Lipinski definition) is 2. The van der Waals surface area contributed by atoms with Crippen molar-refractivity contribution in [3.8, 4) is 5.75 Å². The number of likely N-dealkylation sites (tertiary alicyclic amines) is 1. The fourth-order valence-corrected chi connectivity index (χ4v) is 5.57. The molecule has 40 heavy (non-hydrogen) atoms. The lowest BCUT2D eigenvalue weighted by atomic mass is 9.84. The van der Waals surface area contributed by atoms with Crippen molar-refractivity contribution in [1.82, 2.24) is 9.80 Å². The summed E-state index contributed by atoms with van der Waals surface area (Å²) in [5.41, 5.74) is 3.30. The Balaban J connectivity index is 1.84. The van der Waals surface area contributed by atoms with Crippen molar-refractivity contribution in [1.29, 1.82) is 0 Å². The molecule has 4 rings (SSSR count). The molecule has 216 valence electrons. The van der Waals surface area contributed by atoms with Crippen LogP contribution in [0.3, 0.4) is 0 Å². The summed E-state index contributed by atoms with van der Waals surface area (Å²) < 4.78 is 48.9. The number of halogens is 3. The van der Waals surface area contributed by atoms with Gasteiger partial charge >= 0.3 is 12.3 Å². The van der Waals surface area contributed by atoms with Crippen LogP contribution in [0.2, 0.25) is 0 Å². The van der Waals surface area contributed by atoms with Gasteiger partial charge in [0.2, 0.25) is 0 Å². The SMILES string of the molecule is CCN(C(=O)c1cc2c(cc1C(F)(F)F)OC(C)(C)C(=O)N2CCN)[C@H]1CN(C(=O)O)CC[C@@H]1c1ccccc1. The standard InChI is InChI=1S/C28H33F3N4O5/c1-4-34(22-16-33(26(38)39)12-10-18(22)17-8-6-5-7-9-17)24(36)19-14-21-23(15-20(19)28(29,30)31)40-27(2,3)25(37)35(21)13-11-32/h5-9,14-15,18,22H,4,10-13,16,32H2,1-3H3,(H,38,39)/t18-,22+/m1/s1. The van der Waals surface area contributed by atoms with E-state index in [1.807, 2.05) is 30.3 Å². The van der Waals surface area contributed by atoms with Crippen LogP contribution >= 0.6 is 0 Å². The Morgan fingerprint density at radius 3 is 2.45 bits per heavy atom. The second-order valence-electron chi connectivity index (χ2n) is 10.4. The van der Waals surface area contributed by atoms with E-state index in [-0.39, 0.29) is 50.1 Å². The number of benzene rings is 2. The van der Waals surface area contributed by atoms with Gasteiger partial charge in [-0.3, -0.25) is 9.59 Å². The van der Waals surface area contributed by atoms with Crippen LogP contribution in [0.4, 0.5) is 23.7 Å². The number of rotatable bonds is 6. The number of likely N-dealkylation sites (N-methyl/N-ethyl adjacent to an activating group) is 1. The van der Waals surface area contributed by atoms with Crippen LogP contribution < -0.4 is 15.4 Å². The maximum atomic E-state index is 14.4. The first-order chi connectivity index (χ1) is 18.8. The van der Waals surface area contributed by atoms with Gasteiger partial charge in [0, 0.05) is 38.6 Å². The molecule has 3 N–H and O–H groups in total. The number of carbonyl (C=O) groups excluding carboxylic acids is 2. The number of ether oxygens (including phenoxy) is 1. The summed E-state index contributed by atoms with van der Waals surface area (Å²) in [5, 5.41) is 9.67. The number of carbonyl (C=O) groups is 3. The molecule has 2 aromatic rings. The van der Waals surface area contributed by atoms with Crippen LogP contribution in [0, 0.1) is 0 Å². The lowest BCUT2D eigenvalue weighted by Gasteiger charge is -2.44. The Morgan fingerprint density at radius 2 is 1.88 bits per heavy atom. The summed E-state index contributed by atoms with van der Waals surface area (Å²) in [6, 6.07) is 10.3. The number of piperidine rings is 1. The average Bonchev–Trinajstić information content (AvgIpc) is 2.90. The van der Waals surface area contributed by atoms with Crippen LogP contribution in [0.5, 0.6) is 5.75 Å². The van der Waals surface area contributed by atoms with E-state index < -0.39 is 46.9 Å². The van der Waals surface area contributed by atoms with E-state index in [1.165, 1.54) is 28.5 Å². The number of nitrogens with two attached hydrogens (primary N) is 1. The number of anilines is 1. The molecule has 0 aliphatic carbocycles. The summed E-state index contributed by atoms with van der Waals surface area (Å²) >= 11 is 0. The topological polar surface area (TPSA) is 116 Å². The fraction of sp³-hybridized carbons (Fsp3) is 0.464. The lowest BCUT2D eigenvalue weighted by molar-refractivity contribution is -0.138. The highest BCUT2D eigenvalue weighted by Crippen LogP contribution is 2.44. The molecule has 0 aromatic heterocycles. The highest BCUT2D eigenvalue weighted by atomic mass is 19.4. The Hall–Kier alpha value is -3.80. The second kappa shape index (κ2) is 11.0. The third-order valence-corrected chi connectivity index (χ3v) is 7.49. The van der Waals surface area contributed by atoms with Crippen LogP contribution in [0.1, 0.15) is 54.6 Å². The minimum Gasteiger partial charge on any atom is -0.476 e. The van der Waals surface area contributed by atoms with Gasteiger partial charge in [0.1, 0.15) is 5.75 Å². The normalized spacial score (nSPS) is 20.5. The highest BCUT2D eigenvalue weighted by Gasteiger charge is 2.46. The zero-order valence-electron chi connectivity index (χ0n) is 22.6. The molecule has 0 saturated carbocycles. The average molecular weight is 563 g/mol. The first kappa shape index (κ1) is 29.2. The van der Waals surface area contributed by atoms with Gasteiger partial charge < -0.3 is 30.3 Å². The number of amides is 3. The third kappa shape index (κ3) is 5.45. The minimum absolute atomic E-state index is 0.0153. The van der Waals surface area contributed by atoms with E-state index in [9.17, 15) is 32.7 Å². The van der Waals surface area contributed by atoms with Crippen LogP contribution in [-0.2, 0) is 11.0 Å². The molecular weight excluding hydrogens is 529 g/mol. The van der Waals surface area contributed by atoms with Crippen molar-refractivity contribution in [2.75, 3.05) is 37.6 Å². The predicted octanol–water partition coefficient (Wildman–Crippen LogP) is 4.17. The largest absolute Gasteiger partial charge is 0.476 e. The molecule has 3 amide bonds. The van der Waals surface area contributed by atoms with Crippen molar-refractivity contribution in [3.05, 3.63) is 59.2 Å². The predicted molar refractivity (Wildman–Crippen MR) is 141 cm³/mol. The van der Waals surface area contributed by atoms with E-state index in [1.54, 1.807) is 6.92 Å². The number of fused-ring (bicyclic) bond motifs is 1. The zero-order valence-corrected chi connectivity index (χ0v) is 22.6. The Bertz CT molecular complexity index is 1280. The number of hydrogen-bond acceptors (Lipinski definition) is 5. The van der Waals surface area contributed by atoms with Crippen molar-refractivity contribution < 1.29 is 37.4 Å². The highest BCUT2D eigenvalue weighted by molar-refractivity contribution is 6.05. The summed E-state index contributed by atoms with van der Waals surface area (Å²) in [7, 11) is 0. The van der Waals surface area contributed by atoms with Crippen molar-refractivity contribution in [2.45, 2.75) is 50.9 Å². The molecule has 12 heteroatoms. The molecule has 2 aromatic carbocycles. The smallest absolute Gasteiger partial charge is 0.417 e. The van der Waals surface area contributed by atoms with E-state index in [4.69, 9.17) is 10.5 Å². The maximum absolute atomic E-state index is 14.4. The molecule has 2 aliphatic heterocycles. The quantitative estimate of drug-likeness (QED) is 0.546. The molecule has 9 nitrogen and oxygen atoms in total. The second-order valence-corrected chi connectivity index (χ2v) is 10.4. The first-order valence-electron chi connectivity index (χ1n) is 13.1. The Kier molecular flexibility index (Phi) is 8.02. The van der Waals surface area contributed by atoms with Crippen LogP contribution in [0.25, 0.3) is 0 Å². The number of alkyl halides is 3. The van der Waals surface area contributed by atoms with Crippen molar-refractivity contribution in [3.63, 3.8) is 0 Å². The van der Waals surface area contributed by atoms with Gasteiger partial charge in [-0.05, 0) is 44.9 Å². The van der Waals surface area contributed by atoms with Gasteiger partial charge in [-0.25, -0.2) is 4.79 Å². The Labute approximate surface area is 230 Å². The summed E-state index contributed by atoms with van der Waals surface area (Å²) in [5.74, 6) is -1.89. The molecular formula is C28H33F3N4O5. The molecule has 0 bridgehead atoms. The molecule has 1 fully saturated rings. The van der Waals surface area contributed by atoms with Gasteiger partial charge in [-0.2, -0.15) is 13.2 Å². The monoisotopic (exact) mass is 562 g/mol. The molecule has 0 unspecified atom stereocenters. The molecule has 2 aliphatic rings. The molecule has 1 saturated heterocycles. The third-order valence-electron chi connectivity index (χ3n) is 7.49. The van der Waals surface area contributed by atoms with Crippen molar-refractivity contribution >= 4 is 23.6 Å². The summed E-state index contributed by atoms with van der Waals surface area (Å²) in [6.07, 6.45) is -5.69. The first-order valence-corrected chi connectivity index (χ1v) is 13.1. The number of nitrogens with zero attached hydrogens (tertiary/aromatic N) is 3. The molecule has 0 spiro atoms. The van der Waals surface area contributed by atoms with Crippen molar-refractivity contribution in [2.24, 2.45) is 5.73 Å². The molecule has 2 heterocycles. The van der Waals surface area contributed by atoms with Gasteiger partial charge in [0.25, 0.3) is 11.8 Å². The lowest BCUT2D eigenvalue weighted by Crippen LogP contribution is -2.55. The van der Waals surface area contributed by atoms with Gasteiger partial charge in [0.15, 0.2) is 5.60 Å².